The summed E-state index contributed by atoms with van der Waals surface area (Å²) in [5.74, 6) is 0.563. The van der Waals surface area contributed by atoms with E-state index in [2.05, 4.69) is 63.2 Å². The number of hydrogen-bond donors (Lipinski definition) is 0. The van der Waals surface area contributed by atoms with Crippen molar-refractivity contribution in [2.24, 2.45) is 5.92 Å². The van der Waals surface area contributed by atoms with Gasteiger partial charge >= 0.3 is 5.97 Å². The van der Waals surface area contributed by atoms with Crippen LogP contribution in [-0.2, 0) is 25.5 Å². The molecule has 6 heteroatoms. The highest BCUT2D eigenvalue weighted by Crippen LogP contribution is 2.39. The van der Waals surface area contributed by atoms with E-state index in [1.165, 1.54) is 23.1 Å². The maximum absolute atomic E-state index is 14.6. The summed E-state index contributed by atoms with van der Waals surface area (Å²) in [6, 6.07) is 22.2. The highest BCUT2D eigenvalue weighted by molar-refractivity contribution is 5.89. The summed E-state index contributed by atoms with van der Waals surface area (Å²) in [5, 5.41) is 0. The van der Waals surface area contributed by atoms with Crippen molar-refractivity contribution in [3.8, 4) is 5.75 Å². The molecule has 1 aliphatic carbocycles. The minimum atomic E-state index is -0.586. The number of aryl methyl sites for hydroxylation is 4. The number of piperidine rings is 1. The van der Waals surface area contributed by atoms with Gasteiger partial charge in [0, 0.05) is 13.7 Å². The molecule has 2 fully saturated rings. The predicted octanol–water partition coefficient (Wildman–Crippen LogP) is 8.60. The van der Waals surface area contributed by atoms with Gasteiger partial charge in [-0.2, -0.15) is 0 Å². The van der Waals surface area contributed by atoms with Gasteiger partial charge in [0.1, 0.15) is 24.5 Å². The van der Waals surface area contributed by atoms with Crippen molar-refractivity contribution in [1.82, 2.24) is 4.90 Å². The van der Waals surface area contributed by atoms with Crippen molar-refractivity contribution < 1.29 is 23.8 Å². The summed E-state index contributed by atoms with van der Waals surface area (Å²) in [4.78, 5) is 30.7. The molecule has 0 N–H and O–H groups in total. The third-order valence-corrected chi connectivity index (χ3v) is 10.2. The quantitative estimate of drug-likeness (QED) is 0.138. The zero-order valence-electron chi connectivity index (χ0n) is 28.8. The molecule has 47 heavy (non-hydrogen) atoms. The Kier molecular flexibility index (Phi) is 12.5. The topological polar surface area (TPSA) is 65.1 Å². The van der Waals surface area contributed by atoms with Gasteiger partial charge < -0.3 is 19.1 Å². The lowest BCUT2D eigenvalue weighted by Gasteiger charge is -2.39. The molecule has 252 valence electrons. The Labute approximate surface area is 281 Å². The molecule has 0 aromatic heterocycles. The van der Waals surface area contributed by atoms with E-state index in [9.17, 15) is 9.59 Å². The average molecular weight is 640 g/mol. The van der Waals surface area contributed by atoms with Gasteiger partial charge in [0.25, 0.3) is 0 Å². The molecule has 3 aromatic rings. The minimum Gasteiger partial charge on any atom is -0.491 e. The van der Waals surface area contributed by atoms with Gasteiger partial charge in [-0.15, -0.1) is 0 Å². The Morgan fingerprint density at radius 3 is 2.34 bits per heavy atom. The lowest BCUT2D eigenvalue weighted by molar-refractivity contribution is -0.163. The molecule has 2 aliphatic rings. The van der Waals surface area contributed by atoms with Gasteiger partial charge in [0.2, 0.25) is 5.91 Å². The Morgan fingerprint density at radius 2 is 1.57 bits per heavy atom. The summed E-state index contributed by atoms with van der Waals surface area (Å²) < 4.78 is 17.5. The average Bonchev–Trinajstić information content (AvgIpc) is 3.09. The normalized spacial score (nSPS) is 18.4. The van der Waals surface area contributed by atoms with E-state index >= 15 is 0 Å². The number of amides is 1. The Morgan fingerprint density at radius 1 is 0.809 bits per heavy atom. The van der Waals surface area contributed by atoms with E-state index in [0.29, 0.717) is 38.5 Å². The monoisotopic (exact) mass is 639 g/mol. The van der Waals surface area contributed by atoms with E-state index in [1.54, 1.807) is 7.11 Å². The zero-order valence-corrected chi connectivity index (χ0v) is 28.8. The van der Waals surface area contributed by atoms with Crippen molar-refractivity contribution in [2.75, 3.05) is 26.9 Å². The van der Waals surface area contributed by atoms with Crippen molar-refractivity contribution in [2.45, 2.75) is 103 Å². The van der Waals surface area contributed by atoms with Crippen LogP contribution < -0.4 is 4.74 Å². The van der Waals surface area contributed by atoms with E-state index in [1.807, 2.05) is 29.2 Å². The van der Waals surface area contributed by atoms with Crippen molar-refractivity contribution in [1.29, 1.82) is 0 Å². The maximum Gasteiger partial charge on any atom is 0.329 e. The van der Waals surface area contributed by atoms with Gasteiger partial charge in [0.05, 0.1) is 12.5 Å². The molecule has 1 saturated heterocycles. The molecule has 1 heterocycles. The molecule has 6 nitrogen and oxygen atoms in total. The van der Waals surface area contributed by atoms with Crippen LogP contribution in [0.4, 0.5) is 0 Å². The van der Waals surface area contributed by atoms with Crippen LogP contribution in [0.1, 0.15) is 103 Å². The van der Waals surface area contributed by atoms with Gasteiger partial charge in [-0.1, -0.05) is 79.4 Å². The van der Waals surface area contributed by atoms with Crippen molar-refractivity contribution in [3.63, 3.8) is 0 Å². The second-order valence-electron chi connectivity index (χ2n) is 13.6. The van der Waals surface area contributed by atoms with E-state index in [-0.39, 0.29) is 17.8 Å². The third kappa shape index (κ3) is 9.25. The number of hydrogen-bond acceptors (Lipinski definition) is 5. The number of esters is 1. The number of ether oxygens (including phenoxy) is 3. The molecule has 0 bridgehead atoms. The number of carbonyl (C=O) groups excluding carboxylic acids is 2. The standard InChI is InChI=1S/C41H53NO5/c1-29-12-10-16-35(26-29)39(33-13-6-5-7-14-33)40(43)42-23-9-8-18-37(42)41(44)47-38(22-21-32-20-19-30(2)31(3)27-32)34-15-11-17-36(28-34)46-25-24-45-4/h10-12,15-17,19-20,26-28,33,37-39H,5-9,13-14,18,21-25H2,1-4H3/t37-,38+,39-/m0/s1. The summed E-state index contributed by atoms with van der Waals surface area (Å²) >= 11 is 0. The second-order valence-corrected chi connectivity index (χ2v) is 13.6. The van der Waals surface area contributed by atoms with Crippen LogP contribution in [0.2, 0.25) is 0 Å². The number of carbonyl (C=O) groups is 2. The molecule has 3 aromatic carbocycles. The van der Waals surface area contributed by atoms with Crippen LogP contribution in [-0.4, -0.2) is 49.7 Å². The molecular weight excluding hydrogens is 586 g/mol. The van der Waals surface area contributed by atoms with Crippen LogP contribution >= 0.6 is 0 Å². The molecule has 1 amide bonds. The number of methoxy groups -OCH3 is 1. The Bertz CT molecular complexity index is 1480. The number of likely N-dealkylation sites (tertiary alicyclic amines) is 1. The lowest BCUT2D eigenvalue weighted by atomic mass is 9.75. The third-order valence-electron chi connectivity index (χ3n) is 10.2. The largest absolute Gasteiger partial charge is 0.491 e. The molecule has 0 spiro atoms. The van der Waals surface area contributed by atoms with Crippen molar-refractivity contribution in [3.05, 3.63) is 100 Å². The smallest absolute Gasteiger partial charge is 0.329 e. The minimum absolute atomic E-state index is 0.0874. The summed E-state index contributed by atoms with van der Waals surface area (Å²) in [7, 11) is 1.65. The lowest BCUT2D eigenvalue weighted by Crippen LogP contribution is -2.51. The molecule has 1 aliphatic heterocycles. The van der Waals surface area contributed by atoms with Crippen LogP contribution in [0.15, 0.2) is 66.7 Å². The maximum atomic E-state index is 14.6. The molecule has 0 radical (unpaired) electrons. The van der Waals surface area contributed by atoms with Gasteiger partial charge in [-0.25, -0.2) is 4.79 Å². The highest BCUT2D eigenvalue weighted by Gasteiger charge is 2.40. The molecule has 1 saturated carbocycles. The Balaban J connectivity index is 1.39. The number of benzene rings is 3. The fraction of sp³-hybridized carbons (Fsp3) is 0.512. The van der Waals surface area contributed by atoms with Crippen LogP contribution in [0, 0.1) is 26.7 Å². The van der Waals surface area contributed by atoms with Gasteiger partial charge in [-0.05, 0) is 112 Å². The summed E-state index contributed by atoms with van der Waals surface area (Å²) in [5.41, 5.74) is 6.86. The highest BCUT2D eigenvalue weighted by atomic mass is 16.5. The van der Waals surface area contributed by atoms with Crippen LogP contribution in [0.5, 0.6) is 5.75 Å². The van der Waals surface area contributed by atoms with E-state index in [0.717, 1.165) is 67.4 Å². The first-order valence-corrected chi connectivity index (χ1v) is 17.7. The second kappa shape index (κ2) is 17.0. The first-order valence-electron chi connectivity index (χ1n) is 17.7. The predicted molar refractivity (Wildman–Crippen MR) is 187 cm³/mol. The number of nitrogens with zero attached hydrogens (tertiary/aromatic N) is 1. The fourth-order valence-electron chi connectivity index (χ4n) is 7.38. The molecule has 0 unspecified atom stereocenters. The van der Waals surface area contributed by atoms with E-state index < -0.39 is 12.1 Å². The zero-order chi connectivity index (χ0) is 33.2. The number of rotatable bonds is 13. The first kappa shape index (κ1) is 34.7. The summed E-state index contributed by atoms with van der Waals surface area (Å²) in [6.07, 6.45) is 8.99. The van der Waals surface area contributed by atoms with Crippen LogP contribution in [0.3, 0.4) is 0 Å². The van der Waals surface area contributed by atoms with Crippen molar-refractivity contribution >= 4 is 11.9 Å². The molecular formula is C41H53NO5. The van der Waals surface area contributed by atoms with Gasteiger partial charge in [0.15, 0.2) is 0 Å². The fourth-order valence-corrected chi connectivity index (χ4v) is 7.38. The van der Waals surface area contributed by atoms with Crippen LogP contribution in [0.25, 0.3) is 0 Å². The molecule has 5 rings (SSSR count). The Hall–Kier alpha value is -3.64. The van der Waals surface area contributed by atoms with Gasteiger partial charge in [-0.3, -0.25) is 4.79 Å². The summed E-state index contributed by atoms with van der Waals surface area (Å²) in [6.45, 7) is 7.85. The SMILES string of the molecule is COCCOc1cccc([C@@H](CCc2ccc(C)c(C)c2)OC(=O)[C@@H]2CCCCN2C(=O)[C@H](c2cccc(C)c2)C2CCCCC2)c1. The first-order chi connectivity index (χ1) is 22.8. The van der Waals surface area contributed by atoms with E-state index in [4.69, 9.17) is 14.2 Å². The molecule has 3 atom stereocenters.